The largest absolute Gasteiger partial charge is 0.344 e. The van der Waals surface area contributed by atoms with Gasteiger partial charge in [-0.3, -0.25) is 0 Å². The molecule has 0 bridgehead atoms. The molecule has 0 nitrogen and oxygen atoms in total. The fourth-order valence-corrected chi connectivity index (χ4v) is 4.32. The molecular formula is C18H37Cl3Si. The Hall–Kier alpha value is 1.09. The van der Waals surface area contributed by atoms with Gasteiger partial charge in [-0.25, -0.2) is 0 Å². The van der Waals surface area contributed by atoms with Gasteiger partial charge in [0.1, 0.15) is 0 Å². The van der Waals surface area contributed by atoms with Crippen molar-refractivity contribution >= 4 is 39.2 Å². The van der Waals surface area contributed by atoms with Crippen molar-refractivity contribution in [1.82, 2.24) is 0 Å². The van der Waals surface area contributed by atoms with E-state index in [0.29, 0.717) is 5.54 Å². The minimum absolute atomic E-state index is 0.301. The zero-order valence-electron chi connectivity index (χ0n) is 14.8. The summed E-state index contributed by atoms with van der Waals surface area (Å²) in [5.74, 6) is 0. The Morgan fingerprint density at radius 2 is 0.909 bits per heavy atom. The molecule has 1 atom stereocenters. The van der Waals surface area contributed by atoms with Crippen LogP contribution in [-0.2, 0) is 0 Å². The van der Waals surface area contributed by atoms with Crippen LogP contribution in [0.4, 0.5) is 0 Å². The molecule has 0 saturated carbocycles. The van der Waals surface area contributed by atoms with Gasteiger partial charge < -0.3 is 0 Å². The molecule has 4 heteroatoms. The number of unbranched alkanes of at least 4 members (excludes halogenated alkanes) is 13. The molecule has 1 unspecified atom stereocenters. The van der Waals surface area contributed by atoms with E-state index in [-0.39, 0.29) is 0 Å². The maximum atomic E-state index is 6.01. The summed E-state index contributed by atoms with van der Waals surface area (Å²) in [5.41, 5.74) is 0.301. The lowest BCUT2D eigenvalue weighted by Gasteiger charge is -2.16. The molecule has 0 aliphatic carbocycles. The van der Waals surface area contributed by atoms with Gasteiger partial charge in [0.25, 0.3) is 0 Å². The van der Waals surface area contributed by atoms with Gasteiger partial charge in [-0.1, -0.05) is 104 Å². The Kier molecular flexibility index (Phi) is 16.4. The van der Waals surface area contributed by atoms with Crippen molar-refractivity contribution in [3.05, 3.63) is 0 Å². The van der Waals surface area contributed by atoms with E-state index in [1.165, 1.54) is 89.9 Å². The number of hydrogen-bond donors (Lipinski definition) is 0. The first-order valence-electron chi connectivity index (χ1n) is 9.55. The molecule has 0 aromatic rings. The van der Waals surface area contributed by atoms with Gasteiger partial charge >= 0.3 is 6.00 Å². The lowest BCUT2D eigenvalue weighted by molar-refractivity contribution is 0.531. The Balaban J connectivity index is 3.12. The molecule has 0 spiro atoms. The van der Waals surface area contributed by atoms with Crippen molar-refractivity contribution in [3.63, 3.8) is 0 Å². The van der Waals surface area contributed by atoms with E-state index in [4.69, 9.17) is 33.2 Å². The van der Waals surface area contributed by atoms with E-state index >= 15 is 0 Å². The summed E-state index contributed by atoms with van der Waals surface area (Å²) in [4.78, 5) is 0. The van der Waals surface area contributed by atoms with E-state index in [1.807, 2.05) is 0 Å². The second kappa shape index (κ2) is 15.6. The van der Waals surface area contributed by atoms with Crippen LogP contribution >= 0.6 is 33.2 Å². The molecule has 0 fully saturated rings. The summed E-state index contributed by atoms with van der Waals surface area (Å²) in [6.45, 7) is 4.37. The van der Waals surface area contributed by atoms with Crippen LogP contribution in [0.1, 0.15) is 110 Å². The van der Waals surface area contributed by atoms with Gasteiger partial charge in [-0.05, 0) is 12.0 Å². The van der Waals surface area contributed by atoms with Gasteiger partial charge in [0.15, 0.2) is 0 Å². The van der Waals surface area contributed by atoms with Crippen LogP contribution in [0.5, 0.6) is 0 Å². The van der Waals surface area contributed by atoms with Crippen LogP contribution in [0.3, 0.4) is 0 Å². The van der Waals surface area contributed by atoms with E-state index in [0.717, 1.165) is 6.42 Å². The van der Waals surface area contributed by atoms with Crippen molar-refractivity contribution in [2.45, 2.75) is 116 Å². The molecule has 0 radical (unpaired) electrons. The minimum atomic E-state index is -2.45. The molecule has 0 aromatic carbocycles. The van der Waals surface area contributed by atoms with E-state index in [9.17, 15) is 0 Å². The molecule has 22 heavy (non-hydrogen) atoms. The smallest absolute Gasteiger partial charge is 0.126 e. The zero-order chi connectivity index (χ0) is 16.7. The second-order valence-electron chi connectivity index (χ2n) is 6.83. The highest BCUT2D eigenvalue weighted by Gasteiger charge is 2.32. The van der Waals surface area contributed by atoms with Gasteiger partial charge in [0.05, 0.1) is 0 Å². The molecule has 0 aliphatic heterocycles. The van der Waals surface area contributed by atoms with Crippen LogP contribution in [0.2, 0.25) is 5.54 Å². The average molecular weight is 388 g/mol. The molecule has 0 amide bonds. The summed E-state index contributed by atoms with van der Waals surface area (Å²) in [6.07, 6.45) is 20.6. The topological polar surface area (TPSA) is 0 Å². The third kappa shape index (κ3) is 16.0. The highest BCUT2D eigenvalue weighted by atomic mass is 35.8. The SMILES string of the molecule is CCCCCCCCCCCCCCCCC(C)[Si](Cl)(Cl)Cl. The molecule has 0 N–H and O–H groups in total. The molecule has 0 rings (SSSR count). The Morgan fingerprint density at radius 3 is 1.23 bits per heavy atom. The van der Waals surface area contributed by atoms with Gasteiger partial charge in [0.2, 0.25) is 0 Å². The van der Waals surface area contributed by atoms with Crippen molar-refractivity contribution < 1.29 is 0 Å². The van der Waals surface area contributed by atoms with Crippen molar-refractivity contribution in [2.75, 3.05) is 0 Å². The van der Waals surface area contributed by atoms with Gasteiger partial charge in [-0.15, -0.1) is 33.2 Å². The Labute approximate surface area is 154 Å². The first-order chi connectivity index (χ1) is 10.5. The number of hydrogen-bond acceptors (Lipinski definition) is 0. The van der Waals surface area contributed by atoms with Gasteiger partial charge in [0, 0.05) is 0 Å². The van der Waals surface area contributed by atoms with Crippen LogP contribution in [0.25, 0.3) is 0 Å². The fourth-order valence-electron chi connectivity index (χ4n) is 2.81. The van der Waals surface area contributed by atoms with Crippen molar-refractivity contribution in [3.8, 4) is 0 Å². The highest BCUT2D eigenvalue weighted by Crippen LogP contribution is 2.37. The molecule has 134 valence electrons. The predicted octanol–water partition coefficient (Wildman–Crippen LogP) is 8.90. The monoisotopic (exact) mass is 386 g/mol. The highest BCUT2D eigenvalue weighted by molar-refractivity contribution is 7.65. The number of rotatable bonds is 16. The zero-order valence-corrected chi connectivity index (χ0v) is 18.1. The maximum absolute atomic E-state index is 6.01. The van der Waals surface area contributed by atoms with Crippen LogP contribution in [0.15, 0.2) is 0 Å². The standard InChI is InChI=1S/C18H37Cl3Si/c1-3-4-5-6-7-8-9-10-11-12-13-14-15-16-17-18(2)22(19,20)21/h18H,3-17H2,1-2H3. The first-order valence-corrected chi connectivity index (χ1v) is 14.7. The first kappa shape index (κ1) is 23.1. The molecule has 0 saturated heterocycles. The predicted molar refractivity (Wildman–Crippen MR) is 108 cm³/mol. The molecule has 0 aliphatic rings. The summed E-state index contributed by atoms with van der Waals surface area (Å²) in [5, 5.41) is 0. The Morgan fingerprint density at radius 1 is 0.591 bits per heavy atom. The Bertz CT molecular complexity index is 229. The molecular weight excluding hydrogens is 351 g/mol. The summed E-state index contributed by atoms with van der Waals surface area (Å²) in [6, 6.07) is -2.45. The van der Waals surface area contributed by atoms with Crippen molar-refractivity contribution in [2.24, 2.45) is 0 Å². The molecule has 0 heterocycles. The summed E-state index contributed by atoms with van der Waals surface area (Å²) in [7, 11) is 0. The van der Waals surface area contributed by atoms with E-state index in [1.54, 1.807) is 0 Å². The summed E-state index contributed by atoms with van der Waals surface area (Å²) < 4.78 is 0. The lowest BCUT2D eigenvalue weighted by atomic mass is 10.0. The van der Waals surface area contributed by atoms with Gasteiger partial charge in [-0.2, -0.15) is 0 Å². The van der Waals surface area contributed by atoms with Crippen LogP contribution < -0.4 is 0 Å². The van der Waals surface area contributed by atoms with E-state index < -0.39 is 6.00 Å². The van der Waals surface area contributed by atoms with Crippen LogP contribution in [-0.4, -0.2) is 6.00 Å². The second-order valence-corrected chi connectivity index (χ2v) is 16.0. The molecule has 0 aromatic heterocycles. The van der Waals surface area contributed by atoms with Crippen molar-refractivity contribution in [1.29, 1.82) is 0 Å². The maximum Gasteiger partial charge on any atom is 0.344 e. The fraction of sp³-hybridized carbons (Fsp3) is 1.00. The van der Waals surface area contributed by atoms with E-state index in [2.05, 4.69) is 13.8 Å². The minimum Gasteiger partial charge on any atom is -0.126 e. The number of halogens is 3. The average Bonchev–Trinajstić information content (AvgIpc) is 2.46. The summed E-state index contributed by atoms with van der Waals surface area (Å²) >= 11 is 18.0. The third-order valence-electron chi connectivity index (χ3n) is 4.55. The third-order valence-corrected chi connectivity index (χ3v) is 9.31. The lowest BCUT2D eigenvalue weighted by Crippen LogP contribution is -2.16. The quantitative estimate of drug-likeness (QED) is 0.141. The normalized spacial score (nSPS) is 13.5. The van der Waals surface area contributed by atoms with Crippen LogP contribution in [0, 0.1) is 0 Å².